The molecule has 1 heterocycles. The van der Waals surface area contributed by atoms with E-state index in [2.05, 4.69) is 31.4 Å². The lowest BCUT2D eigenvalue weighted by Crippen LogP contribution is -2.29. The maximum absolute atomic E-state index is 5.38. The molecule has 0 aromatic rings. The summed E-state index contributed by atoms with van der Waals surface area (Å²) in [7, 11) is -1.12. The van der Waals surface area contributed by atoms with Gasteiger partial charge in [0.15, 0.2) is 0 Å². The second kappa shape index (κ2) is 5.52. The Kier molecular flexibility index (Phi) is 4.62. The highest BCUT2D eigenvalue weighted by atomic mass is 28.3. The van der Waals surface area contributed by atoms with E-state index in [4.69, 9.17) is 4.74 Å². The fraction of sp³-hybridized carbons (Fsp3) is 0.667. The molecule has 0 aromatic heterocycles. The fourth-order valence-corrected chi connectivity index (χ4v) is 4.78. The summed E-state index contributed by atoms with van der Waals surface area (Å²) in [6.07, 6.45) is 6.53. The molecule has 0 aromatic carbocycles. The Morgan fingerprint density at radius 3 is 2.57 bits per heavy atom. The monoisotopic (exact) mass is 210 g/mol. The molecule has 0 spiro atoms. The third-order valence-electron chi connectivity index (χ3n) is 2.84. The van der Waals surface area contributed by atoms with Gasteiger partial charge in [-0.2, -0.15) is 0 Å². The van der Waals surface area contributed by atoms with E-state index in [1.54, 1.807) is 0 Å². The number of rotatable bonds is 4. The van der Waals surface area contributed by atoms with Crippen molar-refractivity contribution in [2.24, 2.45) is 5.92 Å². The van der Waals surface area contributed by atoms with Crippen molar-refractivity contribution >= 4 is 8.07 Å². The minimum absolute atomic E-state index is 0.903. The van der Waals surface area contributed by atoms with Crippen molar-refractivity contribution < 1.29 is 4.74 Å². The van der Waals surface area contributed by atoms with Crippen molar-refractivity contribution in [2.75, 3.05) is 13.2 Å². The van der Waals surface area contributed by atoms with Crippen LogP contribution in [-0.4, -0.2) is 21.3 Å². The second-order valence-corrected chi connectivity index (χ2v) is 9.56. The second-order valence-electron chi connectivity index (χ2n) is 4.84. The molecule has 0 aliphatic carbocycles. The lowest BCUT2D eigenvalue weighted by molar-refractivity contribution is 0.0712. The lowest BCUT2D eigenvalue weighted by atomic mass is 10.0. The molecule has 1 aliphatic rings. The van der Waals surface area contributed by atoms with Crippen LogP contribution in [0.3, 0.4) is 0 Å². The fourth-order valence-electron chi connectivity index (χ4n) is 2.09. The van der Waals surface area contributed by atoms with Crippen molar-refractivity contribution in [1.82, 2.24) is 0 Å². The van der Waals surface area contributed by atoms with Crippen LogP contribution in [0.2, 0.25) is 19.1 Å². The summed E-state index contributed by atoms with van der Waals surface area (Å²) in [5.41, 5.74) is 2.40. The number of allylic oxidation sites excluding steroid dienone is 2. The minimum Gasteiger partial charge on any atom is -0.381 e. The molecule has 80 valence electrons. The summed E-state index contributed by atoms with van der Waals surface area (Å²) in [6, 6.07) is 1.40. The molecule has 1 saturated heterocycles. The van der Waals surface area contributed by atoms with Gasteiger partial charge in [0.1, 0.15) is 0 Å². The molecule has 0 radical (unpaired) electrons. The maximum atomic E-state index is 5.38. The van der Waals surface area contributed by atoms with E-state index in [1.165, 1.54) is 18.9 Å². The molecule has 1 fully saturated rings. The van der Waals surface area contributed by atoms with E-state index < -0.39 is 8.07 Å². The van der Waals surface area contributed by atoms with Gasteiger partial charge >= 0.3 is 0 Å². The summed E-state index contributed by atoms with van der Waals surface area (Å²) in [6.45, 7) is 10.5. The van der Waals surface area contributed by atoms with E-state index in [-0.39, 0.29) is 0 Å². The van der Waals surface area contributed by atoms with Crippen LogP contribution in [0.15, 0.2) is 24.4 Å². The molecule has 0 unspecified atom stereocenters. The lowest BCUT2D eigenvalue weighted by Gasteiger charge is -2.28. The molecule has 0 bridgehead atoms. The summed E-state index contributed by atoms with van der Waals surface area (Å²) in [4.78, 5) is 0. The standard InChI is InChI=1S/C12H22OSi/c1-4-5-10-14(2,3)11-12-6-8-13-9-7-12/h4-5,10,12H,1,6-9,11H2,2-3H3. The van der Waals surface area contributed by atoms with Gasteiger partial charge in [0.2, 0.25) is 0 Å². The zero-order chi connectivity index (χ0) is 10.4. The number of hydrogen-bond donors (Lipinski definition) is 0. The third-order valence-corrected chi connectivity index (χ3v) is 5.56. The average molecular weight is 210 g/mol. The third kappa shape index (κ3) is 4.25. The summed E-state index contributed by atoms with van der Waals surface area (Å²) in [5, 5.41) is 0. The molecule has 0 saturated carbocycles. The first-order valence-electron chi connectivity index (χ1n) is 5.52. The van der Waals surface area contributed by atoms with Gasteiger partial charge in [0.25, 0.3) is 0 Å². The first-order chi connectivity index (χ1) is 6.64. The van der Waals surface area contributed by atoms with E-state index >= 15 is 0 Å². The maximum Gasteiger partial charge on any atom is 0.0720 e. The van der Waals surface area contributed by atoms with E-state index in [1.807, 2.05) is 6.08 Å². The predicted molar refractivity (Wildman–Crippen MR) is 65.2 cm³/mol. The molecule has 2 heteroatoms. The van der Waals surface area contributed by atoms with E-state index in [0.29, 0.717) is 0 Å². The van der Waals surface area contributed by atoms with Crippen LogP contribution in [0.1, 0.15) is 12.8 Å². The van der Waals surface area contributed by atoms with Crippen LogP contribution in [-0.2, 0) is 4.74 Å². The predicted octanol–water partition coefficient (Wildman–Crippen LogP) is 3.40. The van der Waals surface area contributed by atoms with Crippen LogP contribution in [0.25, 0.3) is 0 Å². The quantitative estimate of drug-likeness (QED) is 0.510. The van der Waals surface area contributed by atoms with Gasteiger partial charge < -0.3 is 4.74 Å². The molecule has 0 atom stereocenters. The van der Waals surface area contributed by atoms with Gasteiger partial charge in [-0.3, -0.25) is 0 Å². The zero-order valence-corrected chi connectivity index (χ0v) is 10.5. The Labute approximate surface area is 88.9 Å². The van der Waals surface area contributed by atoms with E-state index in [9.17, 15) is 0 Å². The molecule has 0 N–H and O–H groups in total. The molecular weight excluding hydrogens is 188 g/mol. The van der Waals surface area contributed by atoms with Gasteiger partial charge in [-0.25, -0.2) is 0 Å². The number of ether oxygens (including phenoxy) is 1. The first kappa shape index (κ1) is 11.7. The Bertz CT molecular complexity index is 202. The van der Waals surface area contributed by atoms with Crippen LogP contribution in [0, 0.1) is 5.92 Å². The normalized spacial score (nSPS) is 20.1. The van der Waals surface area contributed by atoms with Crippen molar-refractivity contribution in [1.29, 1.82) is 0 Å². The van der Waals surface area contributed by atoms with Crippen LogP contribution in [0.5, 0.6) is 0 Å². The molecule has 1 aliphatic heterocycles. The van der Waals surface area contributed by atoms with Gasteiger partial charge in [-0.05, 0) is 18.8 Å². The Hall–Kier alpha value is -0.343. The summed E-state index contributed by atoms with van der Waals surface area (Å²) in [5.74, 6) is 0.903. The first-order valence-corrected chi connectivity index (χ1v) is 8.80. The van der Waals surface area contributed by atoms with Crippen LogP contribution < -0.4 is 0 Å². The zero-order valence-electron chi connectivity index (χ0n) is 9.46. The van der Waals surface area contributed by atoms with Gasteiger partial charge in [-0.15, -0.1) is 0 Å². The summed E-state index contributed by atoms with van der Waals surface area (Å²) >= 11 is 0. The smallest absolute Gasteiger partial charge is 0.0720 e. The van der Waals surface area contributed by atoms with Crippen molar-refractivity contribution in [3.63, 3.8) is 0 Å². The largest absolute Gasteiger partial charge is 0.381 e. The molecule has 1 rings (SSSR count). The van der Waals surface area contributed by atoms with Gasteiger partial charge in [0.05, 0.1) is 8.07 Å². The van der Waals surface area contributed by atoms with Gasteiger partial charge in [0, 0.05) is 13.2 Å². The molecular formula is C12H22OSi. The highest BCUT2D eigenvalue weighted by Gasteiger charge is 2.24. The Morgan fingerprint density at radius 1 is 1.36 bits per heavy atom. The summed E-state index contributed by atoms with van der Waals surface area (Å²) < 4.78 is 5.38. The highest BCUT2D eigenvalue weighted by Crippen LogP contribution is 2.26. The van der Waals surface area contributed by atoms with Crippen molar-refractivity contribution in [3.8, 4) is 0 Å². The highest BCUT2D eigenvalue weighted by molar-refractivity contribution is 6.82. The Morgan fingerprint density at radius 2 is 2.00 bits per heavy atom. The molecule has 14 heavy (non-hydrogen) atoms. The van der Waals surface area contributed by atoms with Crippen molar-refractivity contribution in [3.05, 3.63) is 24.4 Å². The van der Waals surface area contributed by atoms with Crippen LogP contribution in [0.4, 0.5) is 0 Å². The van der Waals surface area contributed by atoms with Crippen molar-refractivity contribution in [2.45, 2.75) is 32.0 Å². The van der Waals surface area contributed by atoms with E-state index in [0.717, 1.165) is 19.1 Å². The molecule has 0 amide bonds. The SMILES string of the molecule is C=CC=C[Si](C)(C)CC1CCOCC1. The molecule has 1 nitrogen and oxygen atoms in total. The Balaban J connectivity index is 2.39. The van der Waals surface area contributed by atoms with Gasteiger partial charge in [-0.1, -0.05) is 43.6 Å². The minimum atomic E-state index is -1.12. The number of hydrogen-bond acceptors (Lipinski definition) is 1. The van der Waals surface area contributed by atoms with Crippen LogP contribution >= 0.6 is 0 Å². The average Bonchev–Trinajstić information content (AvgIpc) is 2.16. The topological polar surface area (TPSA) is 9.23 Å².